The Morgan fingerprint density at radius 3 is 2.50 bits per heavy atom. The van der Waals surface area contributed by atoms with E-state index in [1.54, 1.807) is 18.3 Å². The number of thiazole rings is 1. The van der Waals surface area contributed by atoms with Crippen molar-refractivity contribution in [3.8, 4) is 0 Å². The fourth-order valence-corrected chi connectivity index (χ4v) is 3.94. The van der Waals surface area contributed by atoms with Gasteiger partial charge in [-0.3, -0.25) is 0 Å². The second-order valence-electron chi connectivity index (χ2n) is 3.64. The van der Waals surface area contributed by atoms with Crippen LogP contribution in [0.2, 0.25) is 5.02 Å². The third kappa shape index (κ3) is 3.08. The van der Waals surface area contributed by atoms with E-state index in [4.69, 9.17) is 17.3 Å². The van der Waals surface area contributed by atoms with Crippen molar-refractivity contribution in [2.24, 2.45) is 5.73 Å². The van der Waals surface area contributed by atoms with Crippen LogP contribution in [0, 0.1) is 0 Å². The van der Waals surface area contributed by atoms with Gasteiger partial charge in [-0.2, -0.15) is 0 Å². The summed E-state index contributed by atoms with van der Waals surface area (Å²) in [6, 6.07) is 6.10. The van der Waals surface area contributed by atoms with Gasteiger partial charge in [0.15, 0.2) is 9.84 Å². The largest absolute Gasteiger partial charge is 0.326 e. The van der Waals surface area contributed by atoms with Gasteiger partial charge in [-0.15, -0.1) is 11.3 Å². The maximum absolute atomic E-state index is 12.1. The highest BCUT2D eigenvalue weighted by molar-refractivity contribution is 7.90. The lowest BCUT2D eigenvalue weighted by Crippen LogP contribution is -2.04. The van der Waals surface area contributed by atoms with Crippen LogP contribution in [0.3, 0.4) is 0 Å². The Bertz CT molecular complexity index is 635. The molecule has 0 aliphatic carbocycles. The van der Waals surface area contributed by atoms with E-state index in [-0.39, 0.29) is 10.6 Å². The third-order valence-corrected chi connectivity index (χ3v) is 5.39. The molecule has 4 nitrogen and oxygen atoms in total. The van der Waals surface area contributed by atoms with Gasteiger partial charge in [0, 0.05) is 22.6 Å². The van der Waals surface area contributed by atoms with Crippen molar-refractivity contribution in [3.63, 3.8) is 0 Å². The number of halogens is 1. The van der Waals surface area contributed by atoms with Crippen molar-refractivity contribution in [3.05, 3.63) is 45.4 Å². The summed E-state index contributed by atoms with van der Waals surface area (Å²) in [5.41, 5.74) is 5.46. The molecule has 0 amide bonds. The summed E-state index contributed by atoms with van der Waals surface area (Å²) in [6.07, 6.45) is 1.61. The van der Waals surface area contributed by atoms with E-state index in [9.17, 15) is 8.42 Å². The molecule has 0 aliphatic heterocycles. The van der Waals surface area contributed by atoms with Crippen molar-refractivity contribution < 1.29 is 8.42 Å². The lowest BCUT2D eigenvalue weighted by molar-refractivity contribution is 0.595. The van der Waals surface area contributed by atoms with E-state index < -0.39 is 9.84 Å². The molecule has 0 aliphatic rings. The Morgan fingerprint density at radius 2 is 1.94 bits per heavy atom. The molecule has 0 spiro atoms. The lowest BCUT2D eigenvalue weighted by Gasteiger charge is -2.02. The van der Waals surface area contributed by atoms with Gasteiger partial charge in [-0.05, 0) is 24.3 Å². The van der Waals surface area contributed by atoms with Gasteiger partial charge in [0.25, 0.3) is 0 Å². The van der Waals surface area contributed by atoms with Gasteiger partial charge in [-0.25, -0.2) is 13.4 Å². The summed E-state index contributed by atoms with van der Waals surface area (Å²) < 4.78 is 24.2. The topological polar surface area (TPSA) is 73.0 Å². The van der Waals surface area contributed by atoms with Crippen LogP contribution in [0.4, 0.5) is 0 Å². The van der Waals surface area contributed by atoms with Gasteiger partial charge in [0.1, 0.15) is 10.8 Å². The Kier molecular flexibility index (Phi) is 4.01. The predicted molar refractivity (Wildman–Crippen MR) is 72.3 cm³/mol. The summed E-state index contributed by atoms with van der Waals surface area (Å²) in [5, 5.41) is 1.05. The number of rotatable bonds is 4. The molecule has 0 atom stereocenters. The van der Waals surface area contributed by atoms with Gasteiger partial charge >= 0.3 is 0 Å². The molecule has 1 aromatic heterocycles. The molecule has 1 aromatic carbocycles. The highest BCUT2D eigenvalue weighted by Gasteiger charge is 2.17. The first kappa shape index (κ1) is 13.5. The number of hydrogen-bond donors (Lipinski definition) is 1. The second-order valence-corrected chi connectivity index (χ2v) is 7.26. The zero-order valence-corrected chi connectivity index (χ0v) is 11.7. The smallest absolute Gasteiger partial charge is 0.184 e. The minimum absolute atomic E-state index is 0.112. The molecule has 1 heterocycles. The van der Waals surface area contributed by atoms with Gasteiger partial charge < -0.3 is 5.73 Å². The van der Waals surface area contributed by atoms with Crippen molar-refractivity contribution in [2.45, 2.75) is 17.2 Å². The average Bonchev–Trinajstić information content (AvgIpc) is 2.76. The standard InChI is InChI=1S/C11H11ClN2O2S2/c12-8-1-3-10(4-2-8)18(15,16)7-11-14-6-9(5-13)17-11/h1-4,6H,5,7,13H2. The highest BCUT2D eigenvalue weighted by atomic mass is 35.5. The molecular formula is C11H11ClN2O2S2. The summed E-state index contributed by atoms with van der Waals surface area (Å²) in [5.74, 6) is -0.112. The molecule has 7 heteroatoms. The van der Waals surface area contributed by atoms with Gasteiger partial charge in [0.05, 0.1) is 4.90 Å². The van der Waals surface area contributed by atoms with E-state index in [0.717, 1.165) is 4.88 Å². The first-order valence-electron chi connectivity index (χ1n) is 5.13. The van der Waals surface area contributed by atoms with Crippen LogP contribution in [0.15, 0.2) is 35.4 Å². The van der Waals surface area contributed by atoms with E-state index >= 15 is 0 Å². The Morgan fingerprint density at radius 1 is 1.28 bits per heavy atom. The van der Waals surface area contributed by atoms with Crippen molar-refractivity contribution >= 4 is 32.8 Å². The van der Waals surface area contributed by atoms with Crippen LogP contribution in [-0.2, 0) is 22.1 Å². The molecule has 2 aromatic rings. The first-order chi connectivity index (χ1) is 8.51. The van der Waals surface area contributed by atoms with Crippen LogP contribution < -0.4 is 5.73 Å². The molecule has 0 fully saturated rings. The highest BCUT2D eigenvalue weighted by Crippen LogP contribution is 2.21. The molecule has 2 N–H and O–H groups in total. The molecular weight excluding hydrogens is 292 g/mol. The molecule has 2 rings (SSSR count). The van der Waals surface area contributed by atoms with E-state index in [2.05, 4.69) is 4.98 Å². The second kappa shape index (κ2) is 5.36. The van der Waals surface area contributed by atoms with Crippen LogP contribution in [0.5, 0.6) is 0 Å². The average molecular weight is 303 g/mol. The molecule has 0 unspecified atom stereocenters. The summed E-state index contributed by atoms with van der Waals surface area (Å²) >= 11 is 7.04. The Hall–Kier alpha value is -0.950. The summed E-state index contributed by atoms with van der Waals surface area (Å²) in [4.78, 5) is 5.17. The predicted octanol–water partition coefficient (Wildman–Crippen LogP) is 2.23. The van der Waals surface area contributed by atoms with Crippen LogP contribution in [-0.4, -0.2) is 13.4 Å². The number of sulfone groups is 1. The van der Waals surface area contributed by atoms with E-state index in [1.165, 1.54) is 23.5 Å². The minimum atomic E-state index is -3.38. The van der Waals surface area contributed by atoms with Gasteiger partial charge in [-0.1, -0.05) is 11.6 Å². The van der Waals surface area contributed by atoms with Crippen LogP contribution in [0.1, 0.15) is 9.88 Å². The third-order valence-electron chi connectivity index (χ3n) is 2.29. The Balaban J connectivity index is 2.24. The number of aromatic nitrogens is 1. The number of nitrogens with two attached hydrogens (primary N) is 1. The van der Waals surface area contributed by atoms with Crippen LogP contribution in [0.25, 0.3) is 0 Å². The zero-order valence-electron chi connectivity index (χ0n) is 9.34. The normalized spacial score (nSPS) is 11.7. The fraction of sp³-hybridized carbons (Fsp3) is 0.182. The molecule has 0 bridgehead atoms. The molecule has 0 saturated heterocycles. The number of benzene rings is 1. The number of nitrogens with zero attached hydrogens (tertiary/aromatic N) is 1. The SMILES string of the molecule is NCc1cnc(CS(=O)(=O)c2ccc(Cl)cc2)s1. The fourth-order valence-electron chi connectivity index (χ4n) is 1.40. The zero-order chi connectivity index (χ0) is 13.2. The van der Waals surface area contributed by atoms with Crippen molar-refractivity contribution in [1.29, 1.82) is 0 Å². The maximum Gasteiger partial charge on any atom is 0.184 e. The van der Waals surface area contributed by atoms with E-state index in [0.29, 0.717) is 16.6 Å². The van der Waals surface area contributed by atoms with Gasteiger partial charge in [0.2, 0.25) is 0 Å². The molecule has 0 radical (unpaired) electrons. The Labute approximate surface area is 114 Å². The van der Waals surface area contributed by atoms with Crippen LogP contribution >= 0.6 is 22.9 Å². The molecule has 0 saturated carbocycles. The lowest BCUT2D eigenvalue weighted by atomic mass is 10.4. The first-order valence-corrected chi connectivity index (χ1v) is 7.98. The summed E-state index contributed by atoms with van der Waals surface area (Å²) in [6.45, 7) is 0.374. The quantitative estimate of drug-likeness (QED) is 0.940. The summed E-state index contributed by atoms with van der Waals surface area (Å²) in [7, 11) is -3.38. The molecule has 18 heavy (non-hydrogen) atoms. The maximum atomic E-state index is 12.1. The number of hydrogen-bond acceptors (Lipinski definition) is 5. The van der Waals surface area contributed by atoms with Crippen molar-refractivity contribution in [1.82, 2.24) is 4.98 Å². The molecule has 96 valence electrons. The van der Waals surface area contributed by atoms with Crippen molar-refractivity contribution in [2.75, 3.05) is 0 Å². The monoisotopic (exact) mass is 302 g/mol. The van der Waals surface area contributed by atoms with E-state index in [1.807, 2.05) is 0 Å². The minimum Gasteiger partial charge on any atom is -0.326 e.